The van der Waals surface area contributed by atoms with Gasteiger partial charge in [0.25, 0.3) is 0 Å². The molecule has 11 heteroatoms. The third kappa shape index (κ3) is 2.59. The smallest absolute Gasteiger partial charge is 0.338 e. The molecule has 4 heterocycles. The second-order valence-corrected chi connectivity index (χ2v) is 10.2. The van der Waals surface area contributed by atoms with Gasteiger partial charge in [-0.1, -0.05) is 18.2 Å². The zero-order valence-electron chi connectivity index (χ0n) is 18.4. The Balaban J connectivity index is 1.32. The maximum absolute atomic E-state index is 12.7. The minimum atomic E-state index is -1.61. The highest BCUT2D eigenvalue weighted by molar-refractivity contribution is 5.89. The molecule has 7 aliphatic rings. The molecule has 8 rings (SSSR count). The standard InChI is InChI=1S/C23H28O11/c1-20-9-22(29)13-7-23(20,32-18-16(27)15(26)14(25)12(8-24)31-18)21(13,19(33-20)34-22)10-30-17(28)11-5-3-2-4-6-11/h2-6,12-16,18-19,24-27,29H,7-10H2,1H3/t12-,13+,14+,15-,16-,18-,19-,20+,21+,22+,23+/m1/s1. The zero-order chi connectivity index (χ0) is 24.1. The molecule has 1 aromatic rings. The Bertz CT molecular complexity index is 988. The third-order valence-corrected chi connectivity index (χ3v) is 8.57. The van der Waals surface area contributed by atoms with E-state index >= 15 is 0 Å². The van der Waals surface area contributed by atoms with E-state index in [1.807, 2.05) is 0 Å². The van der Waals surface area contributed by atoms with Crippen molar-refractivity contribution in [2.45, 2.75) is 73.8 Å². The first kappa shape index (κ1) is 22.8. The molecule has 3 saturated carbocycles. The predicted octanol–water partition coefficient (Wildman–Crippen LogP) is -1.36. The van der Waals surface area contributed by atoms with Gasteiger partial charge in [-0.05, 0) is 25.5 Å². The number of benzene rings is 1. The Morgan fingerprint density at radius 2 is 1.85 bits per heavy atom. The first-order valence-corrected chi connectivity index (χ1v) is 11.4. The fourth-order valence-electron chi connectivity index (χ4n) is 6.87. The molecule has 6 bridgehead atoms. The monoisotopic (exact) mass is 480 g/mol. The van der Waals surface area contributed by atoms with Crippen LogP contribution in [-0.2, 0) is 23.7 Å². The molecular formula is C23H28O11. The number of ether oxygens (including phenoxy) is 5. The van der Waals surface area contributed by atoms with Gasteiger partial charge in [-0.2, -0.15) is 0 Å². The van der Waals surface area contributed by atoms with Crippen molar-refractivity contribution in [3.05, 3.63) is 35.9 Å². The van der Waals surface area contributed by atoms with Crippen molar-refractivity contribution >= 4 is 5.97 Å². The van der Waals surface area contributed by atoms with Crippen LogP contribution < -0.4 is 0 Å². The highest BCUT2D eigenvalue weighted by Gasteiger charge is 2.94. The second kappa shape index (κ2) is 7.19. The van der Waals surface area contributed by atoms with E-state index in [0.29, 0.717) is 5.56 Å². The minimum Gasteiger partial charge on any atom is -0.461 e. The molecule has 0 aromatic heterocycles. The molecular weight excluding hydrogens is 452 g/mol. The second-order valence-electron chi connectivity index (χ2n) is 10.2. The molecule has 0 amide bonds. The van der Waals surface area contributed by atoms with E-state index in [1.54, 1.807) is 37.3 Å². The van der Waals surface area contributed by atoms with Crippen molar-refractivity contribution in [1.82, 2.24) is 0 Å². The lowest BCUT2D eigenvalue weighted by atomic mass is 9.41. The van der Waals surface area contributed by atoms with Crippen LogP contribution in [0, 0.1) is 11.3 Å². The number of rotatable bonds is 6. The summed E-state index contributed by atoms with van der Waals surface area (Å²) in [5.74, 6) is -2.49. The van der Waals surface area contributed by atoms with E-state index in [9.17, 15) is 30.3 Å². The van der Waals surface area contributed by atoms with Crippen LogP contribution in [0.3, 0.4) is 0 Å². The Labute approximate surface area is 194 Å². The van der Waals surface area contributed by atoms with Gasteiger partial charge in [0.05, 0.1) is 17.6 Å². The van der Waals surface area contributed by atoms with Gasteiger partial charge in [-0.25, -0.2) is 4.79 Å². The van der Waals surface area contributed by atoms with Crippen LogP contribution in [0.15, 0.2) is 30.3 Å². The molecule has 0 spiro atoms. The number of esters is 1. The number of aliphatic hydroxyl groups excluding tert-OH is 4. The molecule has 34 heavy (non-hydrogen) atoms. The van der Waals surface area contributed by atoms with Crippen LogP contribution in [0.5, 0.6) is 0 Å². The molecule has 11 atom stereocenters. The van der Waals surface area contributed by atoms with Gasteiger partial charge in [0, 0.05) is 12.3 Å². The van der Waals surface area contributed by atoms with Gasteiger partial charge in [-0.15, -0.1) is 0 Å². The van der Waals surface area contributed by atoms with Gasteiger partial charge in [0.2, 0.25) is 0 Å². The predicted molar refractivity (Wildman–Crippen MR) is 109 cm³/mol. The van der Waals surface area contributed by atoms with Gasteiger partial charge in [-0.3, -0.25) is 0 Å². The maximum atomic E-state index is 12.7. The average molecular weight is 480 g/mol. The first-order chi connectivity index (χ1) is 16.1. The normalized spacial score (nSPS) is 52.5. The van der Waals surface area contributed by atoms with Gasteiger partial charge in [0.15, 0.2) is 18.4 Å². The lowest BCUT2D eigenvalue weighted by molar-refractivity contribution is -0.424. The molecule has 4 saturated heterocycles. The molecule has 0 unspecified atom stereocenters. The topological polar surface area (TPSA) is 164 Å². The Hall–Kier alpha value is -1.67. The van der Waals surface area contributed by atoms with E-state index in [1.165, 1.54) is 0 Å². The summed E-state index contributed by atoms with van der Waals surface area (Å²) in [5.41, 5.74) is -2.99. The first-order valence-electron chi connectivity index (χ1n) is 11.4. The highest BCUT2D eigenvalue weighted by atomic mass is 16.8. The average Bonchev–Trinajstić information content (AvgIpc) is 3.00. The molecule has 11 nitrogen and oxygen atoms in total. The van der Waals surface area contributed by atoms with Gasteiger partial charge >= 0.3 is 5.97 Å². The SMILES string of the molecule is C[C@@]12C[C@]3(O)O[C@@H](O1)[C@]1(COC(=O)c4ccccc4)[C@@H]3C[C@@]12O[C@H]1O[C@H](CO)[C@H](O)[C@@H](O)[C@H]1O. The summed E-state index contributed by atoms with van der Waals surface area (Å²) in [6, 6.07) is 8.47. The Kier molecular flexibility index (Phi) is 4.81. The molecule has 5 N–H and O–H groups in total. The Morgan fingerprint density at radius 3 is 2.56 bits per heavy atom. The van der Waals surface area contributed by atoms with E-state index in [0.717, 1.165) is 0 Å². The largest absolute Gasteiger partial charge is 0.461 e. The van der Waals surface area contributed by atoms with Crippen LogP contribution >= 0.6 is 0 Å². The lowest BCUT2D eigenvalue weighted by Crippen LogP contribution is -2.80. The number of carbonyl (C=O) groups is 1. The van der Waals surface area contributed by atoms with Crippen LogP contribution in [0.1, 0.15) is 30.1 Å². The van der Waals surface area contributed by atoms with Crippen LogP contribution in [0.2, 0.25) is 0 Å². The summed E-state index contributed by atoms with van der Waals surface area (Å²) in [6.07, 6.45) is -7.87. The third-order valence-electron chi connectivity index (χ3n) is 8.57. The van der Waals surface area contributed by atoms with E-state index < -0.39 is 77.9 Å². The molecule has 1 aromatic carbocycles. The Morgan fingerprint density at radius 1 is 1.12 bits per heavy atom. The van der Waals surface area contributed by atoms with Crippen LogP contribution in [0.25, 0.3) is 0 Å². The van der Waals surface area contributed by atoms with E-state index in [4.69, 9.17) is 23.7 Å². The quantitative estimate of drug-likeness (QED) is 0.306. The number of hydrogen-bond donors (Lipinski definition) is 5. The molecule has 0 radical (unpaired) electrons. The number of hydrogen-bond acceptors (Lipinski definition) is 11. The van der Waals surface area contributed by atoms with Crippen LogP contribution in [0.4, 0.5) is 0 Å². The number of aliphatic hydroxyl groups is 5. The number of carbonyl (C=O) groups excluding carboxylic acids is 1. The van der Waals surface area contributed by atoms with Crippen LogP contribution in [-0.4, -0.2) is 98.7 Å². The summed E-state index contributed by atoms with van der Waals surface area (Å²) in [4.78, 5) is 12.7. The van der Waals surface area contributed by atoms with E-state index in [2.05, 4.69) is 0 Å². The summed E-state index contributed by atoms with van der Waals surface area (Å²) in [6.45, 7) is 0.985. The molecule has 3 aliphatic carbocycles. The molecule has 4 aliphatic heterocycles. The summed E-state index contributed by atoms with van der Waals surface area (Å²) in [5, 5.41) is 51.7. The highest BCUT2D eigenvalue weighted by Crippen LogP contribution is 2.81. The lowest BCUT2D eigenvalue weighted by Gasteiger charge is -2.67. The molecule has 186 valence electrons. The van der Waals surface area contributed by atoms with Crippen molar-refractivity contribution < 1.29 is 54.0 Å². The van der Waals surface area contributed by atoms with Crippen molar-refractivity contribution in [3.8, 4) is 0 Å². The fraction of sp³-hybridized carbons (Fsp3) is 0.696. The zero-order valence-corrected chi connectivity index (χ0v) is 18.4. The summed E-state index contributed by atoms with van der Waals surface area (Å²) < 4.78 is 29.7. The van der Waals surface area contributed by atoms with Crippen molar-refractivity contribution in [3.63, 3.8) is 0 Å². The van der Waals surface area contributed by atoms with Crippen molar-refractivity contribution in [1.29, 1.82) is 0 Å². The minimum absolute atomic E-state index is 0.0902. The van der Waals surface area contributed by atoms with Gasteiger partial charge in [0.1, 0.15) is 42.2 Å². The summed E-state index contributed by atoms with van der Waals surface area (Å²) in [7, 11) is 0. The van der Waals surface area contributed by atoms with Crippen molar-refractivity contribution in [2.24, 2.45) is 11.3 Å². The van der Waals surface area contributed by atoms with Gasteiger partial charge < -0.3 is 49.2 Å². The van der Waals surface area contributed by atoms with Crippen molar-refractivity contribution in [2.75, 3.05) is 13.2 Å². The maximum Gasteiger partial charge on any atom is 0.338 e. The molecule has 7 fully saturated rings. The van der Waals surface area contributed by atoms with E-state index in [-0.39, 0.29) is 19.4 Å². The fourth-order valence-corrected chi connectivity index (χ4v) is 6.87. The summed E-state index contributed by atoms with van der Waals surface area (Å²) >= 11 is 0.